The first kappa shape index (κ1) is 19.3. The summed E-state index contributed by atoms with van der Waals surface area (Å²) in [6.07, 6.45) is 3.24. The van der Waals surface area contributed by atoms with Crippen molar-refractivity contribution in [1.29, 1.82) is 0 Å². The maximum Gasteiger partial charge on any atom is 0.336 e. The number of thiophene rings is 1. The third kappa shape index (κ3) is 5.75. The lowest BCUT2D eigenvalue weighted by Crippen LogP contribution is -2.36. The molecule has 0 aliphatic carbocycles. The van der Waals surface area contributed by atoms with Crippen molar-refractivity contribution in [3.05, 3.63) is 63.4 Å². The molecule has 0 atom stereocenters. The van der Waals surface area contributed by atoms with E-state index in [1.165, 1.54) is 6.08 Å². The molecule has 2 aromatic rings. The van der Waals surface area contributed by atoms with Gasteiger partial charge in [-0.15, -0.1) is 11.3 Å². The molecule has 7 heteroatoms. The van der Waals surface area contributed by atoms with Crippen LogP contribution in [0, 0.1) is 0 Å². The Balaban J connectivity index is 1.61. The zero-order valence-corrected chi connectivity index (χ0v) is 15.7. The van der Waals surface area contributed by atoms with Crippen LogP contribution in [-0.4, -0.2) is 48.2 Å². The van der Waals surface area contributed by atoms with Crippen LogP contribution in [0.1, 0.15) is 26.4 Å². The van der Waals surface area contributed by atoms with Crippen molar-refractivity contribution >= 4 is 29.3 Å². The van der Waals surface area contributed by atoms with Gasteiger partial charge in [0.05, 0.1) is 18.8 Å². The first-order valence-corrected chi connectivity index (χ1v) is 9.64. The third-order valence-corrected chi connectivity index (χ3v) is 5.15. The Kier molecular flexibility index (Phi) is 6.75. The standard InChI is InChI=1S/C20H22N2O4S/c23-19(6-5-17-2-1-11-27-17)21-13-15-3-4-16(18(12-15)20(24)25)14-22-7-9-26-10-8-22/h1-6,11-12H,7-10,13-14H2,(H,21,23)(H,24,25)/b6-5+. The summed E-state index contributed by atoms with van der Waals surface area (Å²) in [6, 6.07) is 9.20. The first-order chi connectivity index (χ1) is 13.1. The van der Waals surface area contributed by atoms with Crippen LogP contribution in [0.25, 0.3) is 6.08 Å². The van der Waals surface area contributed by atoms with Crippen LogP contribution in [0.15, 0.2) is 41.8 Å². The van der Waals surface area contributed by atoms with E-state index in [4.69, 9.17) is 4.74 Å². The van der Waals surface area contributed by atoms with Crippen LogP contribution >= 0.6 is 11.3 Å². The lowest BCUT2D eigenvalue weighted by molar-refractivity contribution is -0.116. The van der Waals surface area contributed by atoms with Crippen molar-refractivity contribution in [2.24, 2.45) is 0 Å². The van der Waals surface area contributed by atoms with Gasteiger partial charge < -0.3 is 15.2 Å². The number of morpholine rings is 1. The first-order valence-electron chi connectivity index (χ1n) is 8.76. The number of hydrogen-bond donors (Lipinski definition) is 2. The molecule has 27 heavy (non-hydrogen) atoms. The number of carboxylic acids is 1. The number of benzene rings is 1. The van der Waals surface area contributed by atoms with Gasteiger partial charge in [-0.1, -0.05) is 18.2 Å². The van der Waals surface area contributed by atoms with Crippen LogP contribution in [0.5, 0.6) is 0 Å². The molecule has 1 aromatic carbocycles. The summed E-state index contributed by atoms with van der Waals surface area (Å²) in [5.41, 5.74) is 1.82. The van der Waals surface area contributed by atoms with Gasteiger partial charge in [0.25, 0.3) is 0 Å². The Hall–Kier alpha value is -2.48. The number of nitrogens with zero attached hydrogens (tertiary/aromatic N) is 1. The molecule has 6 nitrogen and oxygen atoms in total. The highest BCUT2D eigenvalue weighted by molar-refractivity contribution is 7.10. The van der Waals surface area contributed by atoms with E-state index in [0.29, 0.717) is 19.8 Å². The third-order valence-electron chi connectivity index (χ3n) is 4.31. The average Bonchev–Trinajstić information content (AvgIpc) is 3.20. The Morgan fingerprint density at radius 3 is 2.78 bits per heavy atom. The number of carbonyl (C=O) groups excluding carboxylic acids is 1. The second-order valence-electron chi connectivity index (χ2n) is 6.25. The smallest absolute Gasteiger partial charge is 0.336 e. The van der Waals surface area contributed by atoms with Crippen molar-refractivity contribution in [2.75, 3.05) is 26.3 Å². The molecule has 2 N–H and O–H groups in total. The maximum absolute atomic E-state index is 11.9. The van der Waals surface area contributed by atoms with Crippen LogP contribution in [-0.2, 0) is 22.6 Å². The molecule has 142 valence electrons. The molecule has 1 aliphatic rings. The van der Waals surface area contributed by atoms with Gasteiger partial charge in [-0.25, -0.2) is 4.79 Å². The fourth-order valence-electron chi connectivity index (χ4n) is 2.86. The van der Waals surface area contributed by atoms with E-state index in [2.05, 4.69) is 10.2 Å². The second kappa shape index (κ2) is 9.45. The molecule has 0 bridgehead atoms. The Bertz CT molecular complexity index is 811. The average molecular weight is 386 g/mol. The summed E-state index contributed by atoms with van der Waals surface area (Å²) in [7, 11) is 0. The van der Waals surface area contributed by atoms with E-state index in [1.54, 1.807) is 23.5 Å². The van der Waals surface area contributed by atoms with Gasteiger partial charge in [0.1, 0.15) is 0 Å². The fraction of sp³-hybridized carbons (Fsp3) is 0.300. The van der Waals surface area contributed by atoms with Crippen LogP contribution in [0.3, 0.4) is 0 Å². The molecule has 0 saturated carbocycles. The van der Waals surface area contributed by atoms with Gasteiger partial charge >= 0.3 is 5.97 Å². The molecule has 0 radical (unpaired) electrons. The minimum atomic E-state index is -0.955. The molecule has 1 saturated heterocycles. The van der Waals surface area contributed by atoms with E-state index in [0.717, 1.165) is 29.1 Å². The van der Waals surface area contributed by atoms with Crippen LogP contribution in [0.4, 0.5) is 0 Å². The van der Waals surface area contributed by atoms with Crippen LogP contribution < -0.4 is 5.32 Å². The Morgan fingerprint density at radius 1 is 1.26 bits per heavy atom. The maximum atomic E-state index is 11.9. The number of amides is 1. The van der Waals surface area contributed by atoms with E-state index < -0.39 is 5.97 Å². The number of rotatable bonds is 7. The summed E-state index contributed by atoms with van der Waals surface area (Å²) in [6.45, 7) is 3.81. The summed E-state index contributed by atoms with van der Waals surface area (Å²) < 4.78 is 5.33. The van der Waals surface area contributed by atoms with E-state index >= 15 is 0 Å². The minimum Gasteiger partial charge on any atom is -0.478 e. The highest BCUT2D eigenvalue weighted by atomic mass is 32.1. The summed E-state index contributed by atoms with van der Waals surface area (Å²) in [5.74, 6) is -1.17. The highest BCUT2D eigenvalue weighted by Gasteiger charge is 2.16. The lowest BCUT2D eigenvalue weighted by Gasteiger charge is -2.27. The molecular formula is C20H22N2O4S. The lowest BCUT2D eigenvalue weighted by atomic mass is 10.0. The van der Waals surface area contributed by atoms with Gasteiger partial charge in [-0.2, -0.15) is 0 Å². The van der Waals surface area contributed by atoms with Crippen molar-refractivity contribution < 1.29 is 19.4 Å². The number of nitrogens with one attached hydrogen (secondary N) is 1. The van der Waals surface area contributed by atoms with E-state index in [-0.39, 0.29) is 18.0 Å². The van der Waals surface area contributed by atoms with Crippen LogP contribution in [0.2, 0.25) is 0 Å². The van der Waals surface area contributed by atoms with Gasteiger partial charge in [0.15, 0.2) is 0 Å². The van der Waals surface area contributed by atoms with Gasteiger partial charge in [0.2, 0.25) is 5.91 Å². The summed E-state index contributed by atoms with van der Waals surface area (Å²) in [5, 5.41) is 14.3. The minimum absolute atomic E-state index is 0.210. The topological polar surface area (TPSA) is 78.9 Å². The zero-order valence-electron chi connectivity index (χ0n) is 14.9. The highest BCUT2D eigenvalue weighted by Crippen LogP contribution is 2.16. The van der Waals surface area contributed by atoms with Crippen molar-refractivity contribution in [3.8, 4) is 0 Å². The number of hydrogen-bond acceptors (Lipinski definition) is 5. The molecule has 1 aromatic heterocycles. The number of carbonyl (C=O) groups is 2. The molecule has 1 fully saturated rings. The molecular weight excluding hydrogens is 364 g/mol. The normalized spacial score (nSPS) is 15.1. The number of ether oxygens (including phenoxy) is 1. The molecule has 3 rings (SSSR count). The molecule has 0 unspecified atom stereocenters. The van der Waals surface area contributed by atoms with E-state index in [1.807, 2.05) is 29.6 Å². The molecule has 2 heterocycles. The number of carboxylic acid groups (broad SMARTS) is 1. The SMILES string of the molecule is O=C(/C=C/c1cccs1)NCc1ccc(CN2CCOCC2)c(C(=O)O)c1. The molecule has 1 aliphatic heterocycles. The van der Waals surface area contributed by atoms with Crippen molar-refractivity contribution in [1.82, 2.24) is 10.2 Å². The fourth-order valence-corrected chi connectivity index (χ4v) is 3.48. The second-order valence-corrected chi connectivity index (χ2v) is 7.23. The van der Waals surface area contributed by atoms with E-state index in [9.17, 15) is 14.7 Å². The van der Waals surface area contributed by atoms with Crippen molar-refractivity contribution in [3.63, 3.8) is 0 Å². The summed E-state index contributed by atoms with van der Waals surface area (Å²) in [4.78, 5) is 26.8. The Morgan fingerprint density at radius 2 is 2.07 bits per heavy atom. The van der Waals surface area contributed by atoms with Crippen molar-refractivity contribution in [2.45, 2.75) is 13.1 Å². The Labute approximate surface area is 162 Å². The largest absolute Gasteiger partial charge is 0.478 e. The zero-order chi connectivity index (χ0) is 19.1. The van der Waals surface area contributed by atoms with Gasteiger partial charge in [-0.05, 0) is 34.7 Å². The van der Waals surface area contributed by atoms with Gasteiger partial charge in [0, 0.05) is 37.1 Å². The van der Waals surface area contributed by atoms with Gasteiger partial charge in [-0.3, -0.25) is 9.69 Å². The molecule has 1 amide bonds. The predicted octanol–water partition coefficient (Wildman–Crippen LogP) is 2.61. The monoisotopic (exact) mass is 386 g/mol. The summed E-state index contributed by atoms with van der Waals surface area (Å²) >= 11 is 1.56. The quantitative estimate of drug-likeness (QED) is 0.715. The predicted molar refractivity (Wildman–Crippen MR) is 105 cm³/mol. The number of aromatic carboxylic acids is 1. The molecule has 0 spiro atoms.